The smallest absolute Gasteiger partial charge is 0.149 e. The summed E-state index contributed by atoms with van der Waals surface area (Å²) in [5.41, 5.74) is 5.65. The van der Waals surface area contributed by atoms with E-state index < -0.39 is 0 Å². The van der Waals surface area contributed by atoms with E-state index in [0.717, 1.165) is 31.9 Å². The number of nitrogen functional groups attached to an aromatic ring is 1. The number of hydrogen-bond donors (Lipinski definition) is 1. The second-order valence-corrected chi connectivity index (χ2v) is 4.29. The van der Waals surface area contributed by atoms with E-state index in [2.05, 4.69) is 33.7 Å². The van der Waals surface area contributed by atoms with Crippen LogP contribution >= 0.6 is 0 Å². The minimum Gasteiger partial charge on any atom is -0.382 e. The van der Waals surface area contributed by atoms with Gasteiger partial charge < -0.3 is 10.6 Å². The average molecular weight is 221 g/mol. The molecule has 1 fully saturated rings. The number of aromatic nitrogens is 2. The van der Waals surface area contributed by atoms with Gasteiger partial charge in [-0.05, 0) is 13.5 Å². The third-order valence-corrected chi connectivity index (χ3v) is 3.21. The van der Waals surface area contributed by atoms with Crippen LogP contribution in [-0.4, -0.2) is 47.6 Å². The second-order valence-electron chi connectivity index (χ2n) is 4.29. The lowest BCUT2D eigenvalue weighted by molar-refractivity contribution is 0.213. The molecule has 1 aliphatic rings. The molecule has 0 aromatic carbocycles. The number of hydrogen-bond acceptors (Lipinski definition) is 5. The highest BCUT2D eigenvalue weighted by Crippen LogP contribution is 2.17. The van der Waals surface area contributed by atoms with Gasteiger partial charge in [0.2, 0.25) is 0 Å². The SMILES string of the molecule is CCC1CN(c2cncc(N)n2)CCN1C. The van der Waals surface area contributed by atoms with Crippen molar-refractivity contribution in [2.45, 2.75) is 19.4 Å². The highest BCUT2D eigenvalue weighted by Gasteiger charge is 2.23. The molecule has 1 aromatic rings. The summed E-state index contributed by atoms with van der Waals surface area (Å²) in [6.45, 7) is 5.28. The van der Waals surface area contributed by atoms with E-state index in [4.69, 9.17) is 5.73 Å². The number of nitrogens with zero attached hydrogens (tertiary/aromatic N) is 4. The Hall–Kier alpha value is -1.36. The number of rotatable bonds is 2. The van der Waals surface area contributed by atoms with Gasteiger partial charge in [-0.3, -0.25) is 9.88 Å². The quantitative estimate of drug-likeness (QED) is 0.792. The van der Waals surface area contributed by atoms with Gasteiger partial charge in [0.25, 0.3) is 0 Å². The van der Waals surface area contributed by atoms with Crippen LogP contribution in [0.3, 0.4) is 0 Å². The Kier molecular flexibility index (Phi) is 3.24. The van der Waals surface area contributed by atoms with Crippen LogP contribution in [0.15, 0.2) is 12.4 Å². The van der Waals surface area contributed by atoms with Gasteiger partial charge in [-0.15, -0.1) is 0 Å². The Morgan fingerprint density at radius 3 is 2.94 bits per heavy atom. The lowest BCUT2D eigenvalue weighted by Gasteiger charge is -2.39. The van der Waals surface area contributed by atoms with Gasteiger partial charge in [0.1, 0.15) is 11.6 Å². The topological polar surface area (TPSA) is 58.3 Å². The highest BCUT2D eigenvalue weighted by molar-refractivity contribution is 5.42. The van der Waals surface area contributed by atoms with Crippen LogP contribution in [0.2, 0.25) is 0 Å². The molecular formula is C11H19N5. The molecule has 1 saturated heterocycles. The second kappa shape index (κ2) is 4.65. The summed E-state index contributed by atoms with van der Waals surface area (Å²) in [7, 11) is 2.18. The maximum absolute atomic E-state index is 5.65. The Morgan fingerprint density at radius 1 is 1.44 bits per heavy atom. The van der Waals surface area contributed by atoms with E-state index in [0.29, 0.717) is 11.9 Å². The highest BCUT2D eigenvalue weighted by atomic mass is 15.3. The number of nitrogens with two attached hydrogens (primary N) is 1. The lowest BCUT2D eigenvalue weighted by atomic mass is 10.1. The summed E-state index contributed by atoms with van der Waals surface area (Å²) in [6, 6.07) is 0.594. The van der Waals surface area contributed by atoms with E-state index in [-0.39, 0.29) is 0 Å². The molecule has 2 rings (SSSR count). The Balaban J connectivity index is 2.11. The summed E-state index contributed by atoms with van der Waals surface area (Å²) < 4.78 is 0. The van der Waals surface area contributed by atoms with Crippen LogP contribution in [-0.2, 0) is 0 Å². The fraction of sp³-hybridized carbons (Fsp3) is 0.636. The van der Waals surface area contributed by atoms with Gasteiger partial charge in [0.05, 0.1) is 12.4 Å². The summed E-state index contributed by atoms with van der Waals surface area (Å²) in [4.78, 5) is 13.1. The number of anilines is 2. The molecule has 16 heavy (non-hydrogen) atoms. The molecule has 0 amide bonds. The van der Waals surface area contributed by atoms with Crippen molar-refractivity contribution in [3.63, 3.8) is 0 Å². The molecule has 88 valence electrons. The zero-order valence-corrected chi connectivity index (χ0v) is 9.93. The van der Waals surface area contributed by atoms with Gasteiger partial charge >= 0.3 is 0 Å². The van der Waals surface area contributed by atoms with Gasteiger partial charge in [-0.25, -0.2) is 4.98 Å². The monoisotopic (exact) mass is 221 g/mol. The summed E-state index contributed by atoms with van der Waals surface area (Å²) in [5, 5.41) is 0. The first-order valence-electron chi connectivity index (χ1n) is 5.73. The molecule has 2 heterocycles. The maximum Gasteiger partial charge on any atom is 0.149 e. The standard InChI is InChI=1S/C11H19N5/c1-3-9-8-16(5-4-15(9)2)11-7-13-6-10(12)14-11/h6-7,9H,3-5,8H2,1-2H3,(H2,12,14). The summed E-state index contributed by atoms with van der Waals surface area (Å²) in [5.74, 6) is 1.39. The molecule has 0 spiro atoms. The van der Waals surface area contributed by atoms with Crippen molar-refractivity contribution < 1.29 is 0 Å². The van der Waals surface area contributed by atoms with E-state index in [1.165, 1.54) is 0 Å². The minimum absolute atomic E-state index is 0.490. The van der Waals surface area contributed by atoms with Crippen molar-refractivity contribution in [2.24, 2.45) is 0 Å². The number of likely N-dealkylation sites (N-methyl/N-ethyl adjacent to an activating group) is 1. The normalized spacial score (nSPS) is 22.4. The van der Waals surface area contributed by atoms with Crippen LogP contribution in [0.5, 0.6) is 0 Å². The predicted molar refractivity (Wildman–Crippen MR) is 65.4 cm³/mol. The maximum atomic E-state index is 5.65. The van der Waals surface area contributed by atoms with Crippen LogP contribution in [0.1, 0.15) is 13.3 Å². The van der Waals surface area contributed by atoms with Crippen LogP contribution in [0.25, 0.3) is 0 Å². The van der Waals surface area contributed by atoms with E-state index in [1.807, 2.05) is 0 Å². The van der Waals surface area contributed by atoms with Crippen LogP contribution in [0, 0.1) is 0 Å². The average Bonchev–Trinajstić information content (AvgIpc) is 2.29. The van der Waals surface area contributed by atoms with E-state index >= 15 is 0 Å². The summed E-state index contributed by atoms with van der Waals surface area (Å²) >= 11 is 0. The zero-order valence-electron chi connectivity index (χ0n) is 9.93. The van der Waals surface area contributed by atoms with Crippen molar-refractivity contribution in [2.75, 3.05) is 37.3 Å². The first-order valence-corrected chi connectivity index (χ1v) is 5.73. The molecule has 0 saturated carbocycles. The fourth-order valence-corrected chi connectivity index (χ4v) is 2.12. The molecule has 1 atom stereocenters. The Bertz CT molecular complexity index is 354. The number of piperazine rings is 1. The largest absolute Gasteiger partial charge is 0.382 e. The Morgan fingerprint density at radius 2 is 2.25 bits per heavy atom. The molecule has 1 aromatic heterocycles. The van der Waals surface area contributed by atoms with E-state index in [1.54, 1.807) is 12.4 Å². The molecule has 1 unspecified atom stereocenters. The molecule has 2 N–H and O–H groups in total. The van der Waals surface area contributed by atoms with Crippen molar-refractivity contribution in [1.82, 2.24) is 14.9 Å². The minimum atomic E-state index is 0.490. The third kappa shape index (κ3) is 2.24. The molecule has 5 nitrogen and oxygen atoms in total. The zero-order chi connectivity index (χ0) is 11.5. The van der Waals surface area contributed by atoms with Crippen LogP contribution in [0.4, 0.5) is 11.6 Å². The third-order valence-electron chi connectivity index (χ3n) is 3.21. The predicted octanol–water partition coefficient (Wildman–Crippen LogP) is 0.589. The first kappa shape index (κ1) is 11.1. The van der Waals surface area contributed by atoms with Crippen molar-refractivity contribution in [3.8, 4) is 0 Å². The van der Waals surface area contributed by atoms with Gasteiger partial charge in [0.15, 0.2) is 0 Å². The molecular weight excluding hydrogens is 202 g/mol. The fourth-order valence-electron chi connectivity index (χ4n) is 2.12. The Labute approximate surface area is 96.3 Å². The lowest BCUT2D eigenvalue weighted by Crippen LogP contribution is -2.51. The molecule has 0 bridgehead atoms. The van der Waals surface area contributed by atoms with Crippen molar-refractivity contribution >= 4 is 11.6 Å². The molecule has 5 heteroatoms. The van der Waals surface area contributed by atoms with Crippen molar-refractivity contribution in [1.29, 1.82) is 0 Å². The molecule has 0 radical (unpaired) electrons. The van der Waals surface area contributed by atoms with E-state index in [9.17, 15) is 0 Å². The van der Waals surface area contributed by atoms with Crippen molar-refractivity contribution in [3.05, 3.63) is 12.4 Å². The molecule has 0 aliphatic carbocycles. The summed E-state index contributed by atoms with van der Waals surface area (Å²) in [6.07, 6.45) is 4.52. The first-order chi connectivity index (χ1) is 7.70. The van der Waals surface area contributed by atoms with Crippen LogP contribution < -0.4 is 10.6 Å². The van der Waals surface area contributed by atoms with Gasteiger partial charge in [-0.2, -0.15) is 0 Å². The van der Waals surface area contributed by atoms with Gasteiger partial charge in [-0.1, -0.05) is 6.92 Å². The molecule has 1 aliphatic heterocycles. The van der Waals surface area contributed by atoms with Gasteiger partial charge in [0, 0.05) is 25.7 Å².